The average molecular weight is 253 g/mol. The molecule has 0 saturated heterocycles. The highest BCUT2D eigenvalue weighted by molar-refractivity contribution is 7.09. The Morgan fingerprint density at radius 2 is 2.18 bits per heavy atom. The molecule has 2 rings (SSSR count). The predicted octanol–water partition coefficient (Wildman–Crippen LogP) is 2.82. The van der Waals surface area contributed by atoms with Crippen LogP contribution in [0.4, 0.5) is 0 Å². The summed E-state index contributed by atoms with van der Waals surface area (Å²) in [6.07, 6.45) is 3.68. The Morgan fingerprint density at radius 1 is 1.47 bits per heavy atom. The fourth-order valence-electron chi connectivity index (χ4n) is 2.54. The van der Waals surface area contributed by atoms with Gasteiger partial charge in [-0.05, 0) is 44.2 Å². The Morgan fingerprint density at radius 3 is 2.71 bits per heavy atom. The third-order valence-electron chi connectivity index (χ3n) is 3.65. The number of hydrogen-bond acceptors (Lipinski definition) is 3. The van der Waals surface area contributed by atoms with Crippen molar-refractivity contribution in [3.8, 4) is 0 Å². The number of carboxylic acids is 1. The average Bonchev–Trinajstić information content (AvgIpc) is 2.82. The second kappa shape index (κ2) is 5.65. The molecule has 0 atom stereocenters. The molecule has 1 fully saturated rings. The van der Waals surface area contributed by atoms with E-state index >= 15 is 0 Å². The largest absolute Gasteiger partial charge is 0.481 e. The third-order valence-corrected chi connectivity index (χ3v) is 4.52. The zero-order valence-electron chi connectivity index (χ0n) is 10.1. The van der Waals surface area contributed by atoms with E-state index in [1.807, 2.05) is 0 Å². The van der Waals surface area contributed by atoms with E-state index in [2.05, 4.69) is 29.5 Å². The van der Waals surface area contributed by atoms with E-state index in [4.69, 9.17) is 5.11 Å². The molecule has 0 spiro atoms. The summed E-state index contributed by atoms with van der Waals surface area (Å²) >= 11 is 1.78. The van der Waals surface area contributed by atoms with Gasteiger partial charge in [-0.1, -0.05) is 6.07 Å². The van der Waals surface area contributed by atoms with Gasteiger partial charge in [0.2, 0.25) is 0 Å². The summed E-state index contributed by atoms with van der Waals surface area (Å²) in [6.45, 7) is 0.986. The maximum absolute atomic E-state index is 10.9. The van der Waals surface area contributed by atoms with Gasteiger partial charge in [-0.25, -0.2) is 0 Å². The van der Waals surface area contributed by atoms with E-state index in [1.54, 1.807) is 11.3 Å². The minimum atomic E-state index is -0.621. The van der Waals surface area contributed by atoms with Crippen LogP contribution >= 0.6 is 11.3 Å². The van der Waals surface area contributed by atoms with Crippen molar-refractivity contribution in [1.82, 2.24) is 4.90 Å². The first kappa shape index (κ1) is 12.6. The molecule has 1 N–H and O–H groups in total. The van der Waals surface area contributed by atoms with Crippen molar-refractivity contribution < 1.29 is 9.90 Å². The van der Waals surface area contributed by atoms with E-state index in [0.717, 1.165) is 32.2 Å². The Hall–Kier alpha value is -0.870. The molecule has 94 valence electrons. The Kier molecular flexibility index (Phi) is 4.18. The smallest absolute Gasteiger partial charge is 0.306 e. The normalized spacial score (nSPS) is 25.1. The number of thiophene rings is 1. The summed E-state index contributed by atoms with van der Waals surface area (Å²) in [5.41, 5.74) is 0. The number of carbonyl (C=O) groups is 1. The van der Waals surface area contributed by atoms with Crippen LogP contribution in [-0.2, 0) is 11.3 Å². The lowest BCUT2D eigenvalue weighted by Gasteiger charge is -2.33. The number of carboxylic acid groups (broad SMARTS) is 1. The van der Waals surface area contributed by atoms with Gasteiger partial charge in [-0.2, -0.15) is 0 Å². The lowest BCUT2D eigenvalue weighted by Crippen LogP contribution is -2.36. The summed E-state index contributed by atoms with van der Waals surface area (Å²) in [6, 6.07) is 4.78. The number of rotatable bonds is 4. The molecule has 0 bridgehead atoms. The monoisotopic (exact) mass is 253 g/mol. The van der Waals surface area contributed by atoms with Crippen molar-refractivity contribution in [3.05, 3.63) is 22.4 Å². The van der Waals surface area contributed by atoms with Crippen LogP contribution in [0.1, 0.15) is 30.6 Å². The number of nitrogens with zero attached hydrogens (tertiary/aromatic N) is 1. The van der Waals surface area contributed by atoms with Crippen LogP contribution in [0.15, 0.2) is 17.5 Å². The van der Waals surface area contributed by atoms with E-state index in [9.17, 15) is 4.79 Å². The van der Waals surface area contributed by atoms with E-state index in [1.165, 1.54) is 4.88 Å². The van der Waals surface area contributed by atoms with Crippen LogP contribution in [0, 0.1) is 5.92 Å². The Bertz CT molecular complexity index is 356. The first-order chi connectivity index (χ1) is 8.16. The molecule has 4 heteroatoms. The predicted molar refractivity (Wildman–Crippen MR) is 69.2 cm³/mol. The lowest BCUT2D eigenvalue weighted by molar-refractivity contribution is -0.143. The maximum Gasteiger partial charge on any atom is 0.306 e. The highest BCUT2D eigenvalue weighted by Crippen LogP contribution is 2.28. The molecule has 0 unspecified atom stereocenters. The van der Waals surface area contributed by atoms with Crippen LogP contribution in [0.3, 0.4) is 0 Å². The van der Waals surface area contributed by atoms with E-state index < -0.39 is 5.97 Å². The van der Waals surface area contributed by atoms with Crippen LogP contribution in [0.2, 0.25) is 0 Å². The van der Waals surface area contributed by atoms with Crippen LogP contribution in [-0.4, -0.2) is 29.1 Å². The molecule has 0 amide bonds. The zero-order valence-corrected chi connectivity index (χ0v) is 10.9. The summed E-state index contributed by atoms with van der Waals surface area (Å²) in [7, 11) is 2.14. The van der Waals surface area contributed by atoms with Crippen LogP contribution in [0.25, 0.3) is 0 Å². The Labute approximate surface area is 106 Å². The van der Waals surface area contributed by atoms with Crippen molar-refractivity contribution in [2.24, 2.45) is 5.92 Å². The SMILES string of the molecule is CN(Cc1cccs1)C1CCC(C(=O)O)CC1. The minimum absolute atomic E-state index is 0.110. The van der Waals surface area contributed by atoms with Gasteiger partial charge in [-0.3, -0.25) is 9.69 Å². The van der Waals surface area contributed by atoms with Gasteiger partial charge in [0, 0.05) is 17.5 Å². The Balaban J connectivity index is 1.82. The third kappa shape index (κ3) is 3.30. The first-order valence-corrected chi connectivity index (χ1v) is 7.00. The standard InChI is InChI=1S/C13H19NO2S/c1-14(9-12-3-2-8-17-12)11-6-4-10(5-7-11)13(15)16/h2-3,8,10-11H,4-7,9H2,1H3,(H,15,16). The molecule has 0 radical (unpaired) electrons. The summed E-state index contributed by atoms with van der Waals surface area (Å²) < 4.78 is 0. The van der Waals surface area contributed by atoms with Gasteiger partial charge in [0.05, 0.1) is 5.92 Å². The van der Waals surface area contributed by atoms with Crippen molar-refractivity contribution in [3.63, 3.8) is 0 Å². The summed E-state index contributed by atoms with van der Waals surface area (Å²) in [5.74, 6) is -0.731. The number of hydrogen-bond donors (Lipinski definition) is 1. The molecule has 1 aliphatic rings. The minimum Gasteiger partial charge on any atom is -0.481 e. The van der Waals surface area contributed by atoms with Gasteiger partial charge in [0.15, 0.2) is 0 Å². The molecule has 0 aliphatic heterocycles. The quantitative estimate of drug-likeness (QED) is 0.897. The van der Waals surface area contributed by atoms with Crippen LogP contribution < -0.4 is 0 Å². The molecule has 1 aromatic rings. The molecule has 1 saturated carbocycles. The van der Waals surface area contributed by atoms with E-state index in [-0.39, 0.29) is 5.92 Å². The molecule has 1 aliphatic carbocycles. The fraction of sp³-hybridized carbons (Fsp3) is 0.615. The van der Waals surface area contributed by atoms with Gasteiger partial charge in [0.1, 0.15) is 0 Å². The first-order valence-electron chi connectivity index (χ1n) is 6.12. The van der Waals surface area contributed by atoms with Crippen molar-refractivity contribution in [1.29, 1.82) is 0 Å². The molecule has 17 heavy (non-hydrogen) atoms. The highest BCUT2D eigenvalue weighted by atomic mass is 32.1. The molecule has 0 aromatic carbocycles. The molecule has 1 heterocycles. The van der Waals surface area contributed by atoms with E-state index in [0.29, 0.717) is 6.04 Å². The second-order valence-electron chi connectivity index (χ2n) is 4.84. The molecule has 1 aromatic heterocycles. The van der Waals surface area contributed by atoms with Crippen molar-refractivity contribution in [2.45, 2.75) is 38.3 Å². The second-order valence-corrected chi connectivity index (χ2v) is 5.87. The van der Waals surface area contributed by atoms with Crippen LogP contribution in [0.5, 0.6) is 0 Å². The lowest BCUT2D eigenvalue weighted by atomic mass is 9.85. The number of aliphatic carboxylic acids is 1. The van der Waals surface area contributed by atoms with Gasteiger partial charge >= 0.3 is 5.97 Å². The summed E-state index contributed by atoms with van der Waals surface area (Å²) in [4.78, 5) is 14.6. The van der Waals surface area contributed by atoms with Gasteiger partial charge < -0.3 is 5.11 Å². The highest BCUT2D eigenvalue weighted by Gasteiger charge is 2.27. The zero-order chi connectivity index (χ0) is 12.3. The summed E-state index contributed by atoms with van der Waals surface area (Å²) in [5, 5.41) is 11.1. The van der Waals surface area contributed by atoms with Crippen molar-refractivity contribution in [2.75, 3.05) is 7.05 Å². The molecule has 3 nitrogen and oxygen atoms in total. The van der Waals surface area contributed by atoms with Gasteiger partial charge in [0.25, 0.3) is 0 Å². The maximum atomic E-state index is 10.9. The van der Waals surface area contributed by atoms with Crippen molar-refractivity contribution >= 4 is 17.3 Å². The molecular weight excluding hydrogens is 234 g/mol. The molecular formula is C13H19NO2S. The topological polar surface area (TPSA) is 40.5 Å². The van der Waals surface area contributed by atoms with Gasteiger partial charge in [-0.15, -0.1) is 11.3 Å². The fourth-order valence-corrected chi connectivity index (χ4v) is 3.31.